The van der Waals surface area contributed by atoms with Crippen LogP contribution in [0.2, 0.25) is 0 Å². The maximum Gasteiger partial charge on any atom is 0.191 e. The topological polar surface area (TPSA) is 58.9 Å². The van der Waals surface area contributed by atoms with E-state index in [1.54, 1.807) is 11.8 Å². The highest BCUT2D eigenvalue weighted by Crippen LogP contribution is 2.29. The number of hydrogen-bond acceptors (Lipinski definition) is 4. The van der Waals surface area contributed by atoms with Crippen LogP contribution < -0.4 is 0 Å². The second-order valence-electron chi connectivity index (χ2n) is 6.34. The zero-order valence-corrected chi connectivity index (χ0v) is 16.1. The molecule has 3 heterocycles. The van der Waals surface area contributed by atoms with Gasteiger partial charge in [-0.3, -0.25) is 0 Å². The number of aryl methyl sites for hydroxylation is 1. The molecule has 134 valence electrons. The Kier molecular flexibility index (Phi) is 4.69. The number of rotatable bonds is 5. The van der Waals surface area contributed by atoms with Gasteiger partial charge < -0.3 is 8.97 Å². The minimum Gasteiger partial charge on any atom is -0.322 e. The summed E-state index contributed by atoms with van der Waals surface area (Å²) in [7, 11) is 0. The third kappa shape index (κ3) is 3.22. The van der Waals surface area contributed by atoms with Gasteiger partial charge in [-0.1, -0.05) is 41.6 Å². The average Bonchev–Trinajstić information content (AvgIpc) is 3.26. The molecule has 0 aliphatic carbocycles. The van der Waals surface area contributed by atoms with E-state index in [1.165, 1.54) is 5.56 Å². The first-order valence-electron chi connectivity index (χ1n) is 8.83. The first kappa shape index (κ1) is 17.4. The fourth-order valence-corrected chi connectivity index (χ4v) is 4.21. The molecule has 1 aromatic carbocycles. The molecule has 4 rings (SSSR count). The number of fused-ring (bicyclic) bond motifs is 1. The molecule has 5 nitrogen and oxygen atoms in total. The van der Waals surface area contributed by atoms with Gasteiger partial charge in [0.05, 0.1) is 11.1 Å². The summed E-state index contributed by atoms with van der Waals surface area (Å²) < 4.78 is 4.12. The summed E-state index contributed by atoms with van der Waals surface area (Å²) in [5, 5.41) is 19.3. The van der Waals surface area contributed by atoms with Crippen molar-refractivity contribution in [2.45, 2.75) is 31.3 Å². The number of benzene rings is 1. The van der Waals surface area contributed by atoms with Crippen LogP contribution in [0.1, 0.15) is 23.6 Å². The third-order valence-corrected chi connectivity index (χ3v) is 5.56. The molecule has 0 unspecified atom stereocenters. The Balaban J connectivity index is 1.64. The van der Waals surface area contributed by atoms with Gasteiger partial charge in [0.25, 0.3) is 0 Å². The van der Waals surface area contributed by atoms with E-state index in [4.69, 9.17) is 0 Å². The van der Waals surface area contributed by atoms with Crippen molar-refractivity contribution in [1.82, 2.24) is 19.2 Å². The summed E-state index contributed by atoms with van der Waals surface area (Å²) in [6.45, 7) is 4.97. The Labute approximate surface area is 162 Å². The molecule has 27 heavy (non-hydrogen) atoms. The van der Waals surface area contributed by atoms with Crippen LogP contribution >= 0.6 is 11.8 Å². The first-order valence-corrected chi connectivity index (χ1v) is 9.81. The van der Waals surface area contributed by atoms with Crippen LogP contribution in [0.25, 0.3) is 16.9 Å². The lowest BCUT2D eigenvalue weighted by Crippen LogP contribution is -2.00. The summed E-state index contributed by atoms with van der Waals surface area (Å²) in [5.74, 6) is 1.56. The SMILES string of the molecule is CCn1c(SCc2cn3ccccc3c2C#N)nnc1-c1cccc(C)c1. The van der Waals surface area contributed by atoms with Gasteiger partial charge >= 0.3 is 0 Å². The first-order chi connectivity index (χ1) is 13.2. The highest BCUT2D eigenvalue weighted by molar-refractivity contribution is 7.98. The zero-order valence-electron chi connectivity index (χ0n) is 15.3. The van der Waals surface area contributed by atoms with Gasteiger partial charge in [-0.25, -0.2) is 0 Å². The molecule has 0 N–H and O–H groups in total. The molecule has 0 aliphatic rings. The van der Waals surface area contributed by atoms with E-state index in [9.17, 15) is 5.26 Å². The average molecular weight is 373 g/mol. The van der Waals surface area contributed by atoms with E-state index in [0.29, 0.717) is 5.75 Å². The van der Waals surface area contributed by atoms with Crippen LogP contribution in [0.5, 0.6) is 0 Å². The molecule has 0 aliphatic heterocycles. The molecular weight excluding hydrogens is 354 g/mol. The quantitative estimate of drug-likeness (QED) is 0.476. The largest absolute Gasteiger partial charge is 0.322 e. The number of nitrogens with zero attached hydrogens (tertiary/aromatic N) is 5. The Morgan fingerprint density at radius 1 is 1.15 bits per heavy atom. The maximum atomic E-state index is 9.58. The minimum absolute atomic E-state index is 0.677. The third-order valence-electron chi connectivity index (χ3n) is 4.54. The fourth-order valence-electron chi connectivity index (χ4n) is 3.24. The van der Waals surface area contributed by atoms with E-state index < -0.39 is 0 Å². The van der Waals surface area contributed by atoms with Gasteiger partial charge in [0, 0.05) is 30.3 Å². The van der Waals surface area contributed by atoms with Crippen molar-refractivity contribution in [1.29, 1.82) is 5.26 Å². The van der Waals surface area contributed by atoms with E-state index in [0.717, 1.165) is 39.7 Å². The predicted octanol–water partition coefficient (Wildman–Crippen LogP) is 4.69. The van der Waals surface area contributed by atoms with Crippen molar-refractivity contribution in [2.75, 3.05) is 0 Å². The minimum atomic E-state index is 0.677. The molecular formula is C21H19N5S. The van der Waals surface area contributed by atoms with Gasteiger partial charge in [0.1, 0.15) is 6.07 Å². The highest BCUT2D eigenvalue weighted by Gasteiger charge is 2.16. The second-order valence-corrected chi connectivity index (χ2v) is 7.29. The van der Waals surface area contributed by atoms with Gasteiger partial charge in [-0.2, -0.15) is 5.26 Å². The molecule has 0 fully saturated rings. The lowest BCUT2D eigenvalue weighted by molar-refractivity contribution is 0.687. The Hall–Kier alpha value is -3.04. The smallest absolute Gasteiger partial charge is 0.191 e. The summed E-state index contributed by atoms with van der Waals surface area (Å²) in [6.07, 6.45) is 3.99. The van der Waals surface area contributed by atoms with Crippen molar-refractivity contribution >= 4 is 17.3 Å². The second kappa shape index (κ2) is 7.29. The molecule has 0 atom stereocenters. The molecule has 0 bridgehead atoms. The van der Waals surface area contributed by atoms with E-state index in [-0.39, 0.29) is 0 Å². The molecule has 0 amide bonds. The van der Waals surface area contributed by atoms with Crippen LogP contribution in [-0.4, -0.2) is 19.2 Å². The standard InChI is InChI=1S/C21H19N5S/c1-3-26-20(16-8-6-7-15(2)11-16)23-24-21(26)27-14-17-13-25-10-5-4-9-19(25)18(17)12-22/h4-11,13H,3,14H2,1-2H3. The zero-order chi connectivity index (χ0) is 18.8. The predicted molar refractivity (Wildman–Crippen MR) is 108 cm³/mol. The number of hydrogen-bond donors (Lipinski definition) is 0. The molecule has 0 saturated heterocycles. The summed E-state index contributed by atoms with van der Waals surface area (Å²) in [4.78, 5) is 0. The van der Waals surface area contributed by atoms with Crippen LogP contribution in [0.3, 0.4) is 0 Å². The fraction of sp³-hybridized carbons (Fsp3) is 0.190. The van der Waals surface area contributed by atoms with E-state index in [1.807, 2.05) is 41.1 Å². The van der Waals surface area contributed by atoms with Crippen molar-refractivity contribution in [3.63, 3.8) is 0 Å². The molecule has 0 spiro atoms. The molecule has 0 saturated carbocycles. The number of pyridine rings is 1. The Morgan fingerprint density at radius 3 is 2.81 bits per heavy atom. The van der Waals surface area contributed by atoms with E-state index in [2.05, 4.69) is 52.9 Å². The maximum absolute atomic E-state index is 9.58. The van der Waals surface area contributed by atoms with Crippen LogP contribution in [0.4, 0.5) is 0 Å². The number of nitriles is 1. The van der Waals surface area contributed by atoms with Gasteiger partial charge in [-0.05, 0) is 37.6 Å². The summed E-state index contributed by atoms with van der Waals surface area (Å²) >= 11 is 1.61. The van der Waals surface area contributed by atoms with Crippen molar-refractivity contribution in [2.24, 2.45) is 0 Å². The van der Waals surface area contributed by atoms with Crippen molar-refractivity contribution in [3.8, 4) is 17.5 Å². The monoisotopic (exact) mass is 373 g/mol. The lowest BCUT2D eigenvalue weighted by Gasteiger charge is -2.07. The van der Waals surface area contributed by atoms with Gasteiger partial charge in [-0.15, -0.1) is 10.2 Å². The van der Waals surface area contributed by atoms with E-state index >= 15 is 0 Å². The number of aromatic nitrogens is 4. The van der Waals surface area contributed by atoms with Crippen molar-refractivity contribution < 1.29 is 0 Å². The molecule has 6 heteroatoms. The van der Waals surface area contributed by atoms with Gasteiger partial charge in [0.15, 0.2) is 11.0 Å². The lowest BCUT2D eigenvalue weighted by atomic mass is 10.1. The summed E-state index contributed by atoms with van der Waals surface area (Å²) in [6, 6.07) is 16.5. The van der Waals surface area contributed by atoms with Crippen LogP contribution in [0.15, 0.2) is 60.0 Å². The summed E-state index contributed by atoms with van der Waals surface area (Å²) in [5.41, 5.74) is 4.95. The number of thioether (sulfide) groups is 1. The highest BCUT2D eigenvalue weighted by atomic mass is 32.2. The van der Waals surface area contributed by atoms with Gasteiger partial charge in [0.2, 0.25) is 0 Å². The molecule has 3 aromatic heterocycles. The van der Waals surface area contributed by atoms with Crippen molar-refractivity contribution in [3.05, 3.63) is 71.5 Å². The Morgan fingerprint density at radius 2 is 2.04 bits per heavy atom. The normalized spacial score (nSPS) is 11.0. The molecule has 4 aromatic rings. The van der Waals surface area contributed by atoms with Crippen LogP contribution in [-0.2, 0) is 12.3 Å². The Bertz CT molecular complexity index is 1150. The molecule has 0 radical (unpaired) electrons. The van der Waals surface area contributed by atoms with Crippen LogP contribution in [0, 0.1) is 18.3 Å².